The summed E-state index contributed by atoms with van der Waals surface area (Å²) in [5, 5.41) is 6.50. The highest BCUT2D eigenvalue weighted by Crippen LogP contribution is 2.30. The Hall–Kier alpha value is -0.410. The first-order valence-electron chi connectivity index (χ1n) is 7.80. The molecule has 0 amide bonds. The summed E-state index contributed by atoms with van der Waals surface area (Å²) in [4.78, 5) is 11.0. The fraction of sp³-hybridized carbons (Fsp3) is 0.733. The largest absolute Gasteiger partial charge is 0.378 e. The molecule has 2 aliphatic rings. The van der Waals surface area contributed by atoms with Gasteiger partial charge in [-0.2, -0.15) is 0 Å². The van der Waals surface area contributed by atoms with Gasteiger partial charge in [-0.1, -0.05) is 0 Å². The smallest absolute Gasteiger partial charge is 0.193 e. The minimum atomic E-state index is 0. The number of rotatable bonds is 5. The highest BCUT2D eigenvalue weighted by molar-refractivity contribution is 14.0. The maximum Gasteiger partial charge on any atom is 0.193 e. The second-order valence-electron chi connectivity index (χ2n) is 5.79. The molecule has 3 rings (SSSR count). The van der Waals surface area contributed by atoms with E-state index < -0.39 is 0 Å². The monoisotopic (exact) mass is 436 g/mol. The van der Waals surface area contributed by atoms with E-state index in [4.69, 9.17) is 4.74 Å². The fourth-order valence-electron chi connectivity index (χ4n) is 2.62. The predicted molar refractivity (Wildman–Crippen MR) is 101 cm³/mol. The number of thiazole rings is 1. The molecular weight excluding hydrogens is 411 g/mol. The van der Waals surface area contributed by atoms with Crippen LogP contribution in [0.3, 0.4) is 0 Å². The van der Waals surface area contributed by atoms with Crippen LogP contribution in [0.25, 0.3) is 0 Å². The first-order chi connectivity index (χ1) is 10.3. The number of hydrogen-bond donors (Lipinski definition) is 1. The minimum Gasteiger partial charge on any atom is -0.378 e. The molecule has 0 unspecified atom stereocenters. The van der Waals surface area contributed by atoms with Crippen LogP contribution in [-0.4, -0.2) is 48.7 Å². The summed E-state index contributed by atoms with van der Waals surface area (Å²) in [5.41, 5.74) is 0. The average Bonchev–Trinajstić information content (AvgIpc) is 3.21. The molecule has 1 aliphatic heterocycles. The van der Waals surface area contributed by atoms with Crippen molar-refractivity contribution in [1.82, 2.24) is 15.2 Å². The summed E-state index contributed by atoms with van der Waals surface area (Å²) in [6.07, 6.45) is 7.22. The van der Waals surface area contributed by atoms with Crippen molar-refractivity contribution in [3.8, 4) is 0 Å². The van der Waals surface area contributed by atoms with Crippen molar-refractivity contribution in [3.05, 3.63) is 16.6 Å². The Morgan fingerprint density at radius 1 is 1.41 bits per heavy atom. The summed E-state index contributed by atoms with van der Waals surface area (Å²) in [7, 11) is 1.85. The number of aromatic nitrogens is 1. The lowest BCUT2D eigenvalue weighted by molar-refractivity contribution is 0.0131. The molecule has 124 valence electrons. The summed E-state index contributed by atoms with van der Waals surface area (Å²) in [6.45, 7) is 3.77. The lowest BCUT2D eigenvalue weighted by Crippen LogP contribution is -2.46. The second-order valence-corrected chi connectivity index (χ2v) is 6.77. The number of guanidine groups is 1. The van der Waals surface area contributed by atoms with Gasteiger partial charge in [-0.05, 0) is 31.6 Å². The molecule has 0 spiro atoms. The topological polar surface area (TPSA) is 49.8 Å². The van der Waals surface area contributed by atoms with E-state index in [1.54, 1.807) is 11.3 Å². The maximum atomic E-state index is 5.99. The average molecular weight is 436 g/mol. The van der Waals surface area contributed by atoms with Gasteiger partial charge < -0.3 is 15.0 Å². The van der Waals surface area contributed by atoms with E-state index >= 15 is 0 Å². The number of hydrogen-bond acceptors (Lipinski definition) is 4. The van der Waals surface area contributed by atoms with E-state index in [0.29, 0.717) is 6.10 Å². The van der Waals surface area contributed by atoms with Gasteiger partial charge in [0.15, 0.2) is 5.96 Å². The van der Waals surface area contributed by atoms with Crippen LogP contribution in [-0.2, 0) is 11.3 Å². The summed E-state index contributed by atoms with van der Waals surface area (Å²) in [6, 6.07) is 0. The second kappa shape index (κ2) is 9.02. The van der Waals surface area contributed by atoms with Crippen LogP contribution in [0.15, 0.2) is 16.6 Å². The minimum absolute atomic E-state index is 0. The molecule has 2 fully saturated rings. The Bertz CT molecular complexity index is 456. The Morgan fingerprint density at radius 2 is 2.18 bits per heavy atom. The normalized spacial score (nSPS) is 19.9. The van der Waals surface area contributed by atoms with E-state index in [9.17, 15) is 0 Å². The maximum absolute atomic E-state index is 5.99. The third-order valence-electron chi connectivity index (χ3n) is 4.10. The number of nitrogens with one attached hydrogen (secondary N) is 1. The third-order valence-corrected chi connectivity index (χ3v) is 4.88. The molecule has 1 aromatic heterocycles. The lowest BCUT2D eigenvalue weighted by Gasteiger charge is -2.34. The Kier molecular flexibility index (Phi) is 7.36. The van der Waals surface area contributed by atoms with Crippen LogP contribution in [0.2, 0.25) is 0 Å². The number of piperidine rings is 1. The molecule has 1 aromatic rings. The van der Waals surface area contributed by atoms with Gasteiger partial charge in [-0.15, -0.1) is 35.3 Å². The van der Waals surface area contributed by atoms with Gasteiger partial charge in [0.1, 0.15) is 5.01 Å². The van der Waals surface area contributed by atoms with Crippen LogP contribution >= 0.6 is 35.3 Å². The van der Waals surface area contributed by atoms with Gasteiger partial charge in [0.25, 0.3) is 0 Å². The van der Waals surface area contributed by atoms with Gasteiger partial charge >= 0.3 is 0 Å². The van der Waals surface area contributed by atoms with Crippen molar-refractivity contribution < 1.29 is 4.74 Å². The van der Waals surface area contributed by atoms with Crippen molar-refractivity contribution in [1.29, 1.82) is 0 Å². The van der Waals surface area contributed by atoms with Crippen LogP contribution in [0.1, 0.15) is 30.7 Å². The van der Waals surface area contributed by atoms with Gasteiger partial charge in [-0.25, -0.2) is 4.98 Å². The van der Waals surface area contributed by atoms with E-state index in [2.05, 4.69) is 20.2 Å². The molecule has 1 aliphatic carbocycles. The highest BCUT2D eigenvalue weighted by atomic mass is 127. The van der Waals surface area contributed by atoms with Crippen LogP contribution in [0.4, 0.5) is 0 Å². The Labute approximate surface area is 153 Å². The fourth-order valence-corrected chi connectivity index (χ4v) is 3.17. The molecule has 1 N–H and O–H groups in total. The van der Waals surface area contributed by atoms with E-state index in [0.717, 1.165) is 56.0 Å². The van der Waals surface area contributed by atoms with Gasteiger partial charge in [0.05, 0.1) is 12.6 Å². The summed E-state index contributed by atoms with van der Waals surface area (Å²) >= 11 is 1.67. The Morgan fingerprint density at radius 3 is 2.77 bits per heavy atom. The van der Waals surface area contributed by atoms with Gasteiger partial charge in [0.2, 0.25) is 0 Å². The van der Waals surface area contributed by atoms with E-state index in [-0.39, 0.29) is 24.0 Å². The number of likely N-dealkylation sites (tertiary alicyclic amines) is 1. The molecule has 0 aromatic carbocycles. The molecule has 5 nitrogen and oxygen atoms in total. The SMILES string of the molecule is CN=C(NCc1nccs1)N1CCC(OCC2CC2)CC1.I. The standard InChI is InChI=1S/C15H24N4OS.HI/c1-16-15(18-10-14-17-6-9-21-14)19-7-4-13(5-8-19)20-11-12-2-3-12;/h6,9,12-13H,2-5,7-8,10-11H2,1H3,(H,16,18);1H. The first-order valence-corrected chi connectivity index (χ1v) is 8.68. The van der Waals surface area contributed by atoms with Crippen molar-refractivity contribution in [2.75, 3.05) is 26.7 Å². The predicted octanol–water partition coefficient (Wildman–Crippen LogP) is 2.73. The van der Waals surface area contributed by atoms with Crippen LogP contribution < -0.4 is 5.32 Å². The third kappa shape index (κ3) is 5.34. The number of aliphatic imine (C=N–C) groups is 1. The molecular formula is C15H25IN4OS. The number of ether oxygens (including phenoxy) is 1. The zero-order chi connectivity index (χ0) is 14.5. The highest BCUT2D eigenvalue weighted by Gasteiger charge is 2.26. The molecule has 0 radical (unpaired) electrons. The Balaban J connectivity index is 0.00000176. The van der Waals surface area contributed by atoms with Crippen molar-refractivity contribution >= 4 is 41.3 Å². The van der Waals surface area contributed by atoms with Gasteiger partial charge in [-0.3, -0.25) is 4.99 Å². The lowest BCUT2D eigenvalue weighted by atomic mass is 10.1. The zero-order valence-electron chi connectivity index (χ0n) is 13.0. The van der Waals surface area contributed by atoms with Crippen LogP contribution in [0.5, 0.6) is 0 Å². The summed E-state index contributed by atoms with van der Waals surface area (Å²) in [5.74, 6) is 1.83. The molecule has 7 heteroatoms. The molecule has 2 heterocycles. The molecule has 1 saturated heterocycles. The van der Waals surface area contributed by atoms with E-state index in [1.807, 2.05) is 18.6 Å². The zero-order valence-corrected chi connectivity index (χ0v) is 16.2. The van der Waals surface area contributed by atoms with Gasteiger partial charge in [0, 0.05) is 38.3 Å². The quantitative estimate of drug-likeness (QED) is 0.438. The molecule has 22 heavy (non-hydrogen) atoms. The summed E-state index contributed by atoms with van der Waals surface area (Å²) < 4.78 is 5.99. The molecule has 0 atom stereocenters. The van der Waals surface area contributed by atoms with E-state index in [1.165, 1.54) is 12.8 Å². The molecule has 0 bridgehead atoms. The van der Waals surface area contributed by atoms with Crippen LogP contribution in [0, 0.1) is 5.92 Å². The first kappa shape index (κ1) is 17.9. The van der Waals surface area contributed by atoms with Crippen molar-refractivity contribution in [3.63, 3.8) is 0 Å². The number of nitrogens with zero attached hydrogens (tertiary/aromatic N) is 3. The van der Waals surface area contributed by atoms with Crippen molar-refractivity contribution in [2.24, 2.45) is 10.9 Å². The van der Waals surface area contributed by atoms with Crippen molar-refractivity contribution in [2.45, 2.75) is 38.3 Å². The number of halogens is 1. The molecule has 1 saturated carbocycles.